The van der Waals surface area contributed by atoms with Gasteiger partial charge in [0, 0.05) is 13.2 Å². The van der Waals surface area contributed by atoms with Crippen LogP contribution in [0.25, 0.3) is 0 Å². The Morgan fingerprint density at radius 3 is 2.64 bits per heavy atom. The lowest BCUT2D eigenvalue weighted by atomic mass is 10.3. The normalized spacial score (nSPS) is 9.93. The van der Waals surface area contributed by atoms with E-state index in [2.05, 4.69) is 0 Å². The molecule has 4 heteroatoms. The quantitative estimate of drug-likeness (QED) is 0.709. The Morgan fingerprint density at radius 1 is 1.29 bits per heavy atom. The van der Waals surface area contributed by atoms with Crippen LogP contribution in [0, 0.1) is 0 Å². The third-order valence-electron chi connectivity index (χ3n) is 1.55. The number of methoxy groups -OCH3 is 1. The van der Waals surface area contributed by atoms with Crippen molar-refractivity contribution in [3.8, 4) is 11.5 Å². The van der Waals surface area contributed by atoms with Gasteiger partial charge >= 0.3 is 0 Å². The zero-order valence-electron chi connectivity index (χ0n) is 8.25. The van der Waals surface area contributed by atoms with Gasteiger partial charge in [-0.1, -0.05) is 11.6 Å². The van der Waals surface area contributed by atoms with Crippen molar-refractivity contribution in [1.29, 1.82) is 0 Å². The first-order chi connectivity index (χ1) is 6.77. The molecule has 0 spiro atoms. The van der Waals surface area contributed by atoms with Crippen LogP contribution in [0.1, 0.15) is 6.92 Å². The maximum atomic E-state index is 5.94. The van der Waals surface area contributed by atoms with Gasteiger partial charge in [-0.25, -0.2) is 0 Å². The lowest BCUT2D eigenvalue weighted by molar-refractivity contribution is 0.0511. The zero-order chi connectivity index (χ0) is 10.4. The van der Waals surface area contributed by atoms with Crippen molar-refractivity contribution in [2.75, 3.05) is 20.5 Å². The standard InChI is InChI=1S/C10H13ClO3/c1-3-13-10-5-4-8(6-9(10)11)14-7-12-2/h4-6H,3,7H2,1-2H3. The van der Waals surface area contributed by atoms with Crippen molar-refractivity contribution >= 4 is 11.6 Å². The molecule has 14 heavy (non-hydrogen) atoms. The van der Waals surface area contributed by atoms with Crippen LogP contribution in [0.5, 0.6) is 11.5 Å². The minimum atomic E-state index is 0.213. The number of rotatable bonds is 5. The van der Waals surface area contributed by atoms with Gasteiger partial charge in [0.25, 0.3) is 0 Å². The van der Waals surface area contributed by atoms with Gasteiger partial charge in [-0.15, -0.1) is 0 Å². The molecule has 1 aromatic carbocycles. The van der Waals surface area contributed by atoms with Gasteiger partial charge < -0.3 is 14.2 Å². The Hall–Kier alpha value is -0.930. The average molecular weight is 217 g/mol. The Balaban J connectivity index is 2.68. The minimum absolute atomic E-state index is 0.213. The summed E-state index contributed by atoms with van der Waals surface area (Å²) in [7, 11) is 1.57. The molecule has 1 rings (SSSR count). The van der Waals surface area contributed by atoms with Crippen LogP contribution >= 0.6 is 11.6 Å². The molecule has 0 aliphatic rings. The highest BCUT2D eigenvalue weighted by Crippen LogP contribution is 2.28. The molecular weight excluding hydrogens is 204 g/mol. The Bertz CT molecular complexity index is 289. The summed E-state index contributed by atoms with van der Waals surface area (Å²) in [5.41, 5.74) is 0. The van der Waals surface area contributed by atoms with E-state index in [1.807, 2.05) is 6.92 Å². The fourth-order valence-corrected chi connectivity index (χ4v) is 1.20. The Kier molecular flexibility index (Phi) is 4.56. The van der Waals surface area contributed by atoms with Crippen LogP contribution in [0.15, 0.2) is 18.2 Å². The van der Waals surface area contributed by atoms with E-state index in [1.165, 1.54) is 0 Å². The molecule has 0 bridgehead atoms. The van der Waals surface area contributed by atoms with Crippen LogP contribution in [0.3, 0.4) is 0 Å². The molecule has 78 valence electrons. The fraction of sp³-hybridized carbons (Fsp3) is 0.400. The highest BCUT2D eigenvalue weighted by Gasteiger charge is 2.02. The number of hydrogen-bond donors (Lipinski definition) is 0. The summed E-state index contributed by atoms with van der Waals surface area (Å²) < 4.78 is 15.3. The molecule has 1 aromatic rings. The van der Waals surface area contributed by atoms with E-state index < -0.39 is 0 Å². The molecule has 0 radical (unpaired) electrons. The molecule has 0 heterocycles. The first kappa shape index (κ1) is 11.1. The van der Waals surface area contributed by atoms with E-state index in [1.54, 1.807) is 25.3 Å². The third kappa shape index (κ3) is 3.09. The highest BCUT2D eigenvalue weighted by molar-refractivity contribution is 6.32. The monoisotopic (exact) mass is 216 g/mol. The number of hydrogen-bond acceptors (Lipinski definition) is 3. The molecule has 0 aromatic heterocycles. The van der Waals surface area contributed by atoms with Crippen molar-refractivity contribution < 1.29 is 14.2 Å². The van der Waals surface area contributed by atoms with Crippen molar-refractivity contribution in [2.45, 2.75) is 6.92 Å². The maximum Gasteiger partial charge on any atom is 0.188 e. The first-order valence-corrected chi connectivity index (χ1v) is 4.69. The van der Waals surface area contributed by atoms with Crippen LogP contribution in [0.4, 0.5) is 0 Å². The molecular formula is C10H13ClO3. The second kappa shape index (κ2) is 5.73. The summed E-state index contributed by atoms with van der Waals surface area (Å²) in [6.07, 6.45) is 0. The zero-order valence-corrected chi connectivity index (χ0v) is 9.00. The highest BCUT2D eigenvalue weighted by atomic mass is 35.5. The molecule has 0 N–H and O–H groups in total. The summed E-state index contributed by atoms with van der Waals surface area (Å²) >= 11 is 5.94. The molecule has 0 amide bonds. The van der Waals surface area contributed by atoms with E-state index >= 15 is 0 Å². The number of halogens is 1. The fourth-order valence-electron chi connectivity index (χ4n) is 0.971. The first-order valence-electron chi connectivity index (χ1n) is 4.32. The van der Waals surface area contributed by atoms with Crippen molar-refractivity contribution in [3.63, 3.8) is 0 Å². The summed E-state index contributed by atoms with van der Waals surface area (Å²) in [6, 6.07) is 5.26. The van der Waals surface area contributed by atoms with Crippen LogP contribution < -0.4 is 9.47 Å². The minimum Gasteiger partial charge on any atom is -0.492 e. The van der Waals surface area contributed by atoms with Gasteiger partial charge in [-0.2, -0.15) is 0 Å². The topological polar surface area (TPSA) is 27.7 Å². The Labute approximate surface area is 88.5 Å². The van der Waals surface area contributed by atoms with E-state index in [0.717, 1.165) is 0 Å². The van der Waals surface area contributed by atoms with Gasteiger partial charge in [-0.3, -0.25) is 0 Å². The van der Waals surface area contributed by atoms with Gasteiger partial charge in [0.05, 0.1) is 11.6 Å². The van der Waals surface area contributed by atoms with Crippen molar-refractivity contribution in [3.05, 3.63) is 23.2 Å². The maximum absolute atomic E-state index is 5.94. The van der Waals surface area contributed by atoms with E-state index in [9.17, 15) is 0 Å². The number of benzene rings is 1. The predicted octanol–water partition coefficient (Wildman–Crippen LogP) is 2.72. The molecule has 0 aliphatic carbocycles. The molecule has 0 saturated heterocycles. The summed E-state index contributed by atoms with van der Waals surface area (Å²) in [5.74, 6) is 1.33. The van der Waals surface area contributed by atoms with Crippen LogP contribution in [-0.4, -0.2) is 20.5 Å². The van der Waals surface area contributed by atoms with Gasteiger partial charge in [0.15, 0.2) is 6.79 Å². The summed E-state index contributed by atoms with van der Waals surface area (Å²) in [4.78, 5) is 0. The van der Waals surface area contributed by atoms with Gasteiger partial charge in [-0.05, 0) is 19.1 Å². The van der Waals surface area contributed by atoms with E-state index in [4.69, 9.17) is 25.8 Å². The van der Waals surface area contributed by atoms with Crippen LogP contribution in [0.2, 0.25) is 5.02 Å². The van der Waals surface area contributed by atoms with Gasteiger partial charge in [0.1, 0.15) is 11.5 Å². The lowest BCUT2D eigenvalue weighted by Crippen LogP contribution is -1.99. The van der Waals surface area contributed by atoms with E-state index in [0.29, 0.717) is 23.1 Å². The SMILES string of the molecule is CCOc1ccc(OCOC)cc1Cl. The third-order valence-corrected chi connectivity index (χ3v) is 1.84. The molecule has 0 saturated carbocycles. The predicted molar refractivity (Wildman–Crippen MR) is 55.1 cm³/mol. The molecule has 0 atom stereocenters. The lowest BCUT2D eigenvalue weighted by Gasteiger charge is -2.08. The molecule has 0 fully saturated rings. The average Bonchev–Trinajstić information content (AvgIpc) is 2.19. The Morgan fingerprint density at radius 2 is 2.07 bits per heavy atom. The number of ether oxygens (including phenoxy) is 3. The summed E-state index contributed by atoms with van der Waals surface area (Å²) in [6.45, 7) is 2.72. The summed E-state index contributed by atoms with van der Waals surface area (Å²) in [5, 5.41) is 0.542. The van der Waals surface area contributed by atoms with Gasteiger partial charge in [0.2, 0.25) is 0 Å². The second-order valence-corrected chi connectivity index (χ2v) is 2.98. The van der Waals surface area contributed by atoms with Crippen molar-refractivity contribution in [1.82, 2.24) is 0 Å². The second-order valence-electron chi connectivity index (χ2n) is 2.58. The van der Waals surface area contributed by atoms with E-state index in [-0.39, 0.29) is 6.79 Å². The van der Waals surface area contributed by atoms with Crippen molar-refractivity contribution in [2.24, 2.45) is 0 Å². The smallest absolute Gasteiger partial charge is 0.188 e. The molecule has 3 nitrogen and oxygen atoms in total. The largest absolute Gasteiger partial charge is 0.492 e. The van der Waals surface area contributed by atoms with Crippen LogP contribution in [-0.2, 0) is 4.74 Å². The molecule has 0 unspecified atom stereocenters. The molecule has 0 aliphatic heterocycles.